The van der Waals surface area contributed by atoms with Crippen molar-refractivity contribution < 1.29 is 0 Å². The average molecular weight is 176 g/mol. The Morgan fingerprint density at radius 2 is 2.08 bits per heavy atom. The maximum Gasteiger partial charge on any atom is 0.162 e. The van der Waals surface area contributed by atoms with Crippen molar-refractivity contribution in [3.8, 4) is 0 Å². The van der Waals surface area contributed by atoms with E-state index in [4.69, 9.17) is 5.73 Å². The molecule has 0 aliphatic rings. The molecule has 0 bridgehead atoms. The van der Waals surface area contributed by atoms with Gasteiger partial charge < -0.3 is 5.73 Å². The third-order valence-electron chi connectivity index (χ3n) is 2.00. The van der Waals surface area contributed by atoms with Crippen LogP contribution in [0, 0.1) is 0 Å². The monoisotopic (exact) mass is 176 g/mol. The second-order valence-corrected chi connectivity index (χ2v) is 3.36. The van der Waals surface area contributed by atoms with Gasteiger partial charge in [0, 0.05) is 5.92 Å². The molecule has 2 heterocycles. The van der Waals surface area contributed by atoms with Gasteiger partial charge in [-0.2, -0.15) is 0 Å². The van der Waals surface area contributed by atoms with Gasteiger partial charge in [-0.1, -0.05) is 19.9 Å². The third kappa shape index (κ3) is 1.14. The topological polar surface area (TPSA) is 56.2 Å². The fraction of sp³-hybridized carbons (Fsp3) is 0.333. The summed E-state index contributed by atoms with van der Waals surface area (Å²) in [5.74, 6) is 1.93. The highest BCUT2D eigenvalue weighted by molar-refractivity contribution is 5.47. The van der Waals surface area contributed by atoms with Gasteiger partial charge >= 0.3 is 0 Å². The minimum absolute atomic E-state index is 0.333. The van der Waals surface area contributed by atoms with E-state index in [0.29, 0.717) is 11.7 Å². The summed E-state index contributed by atoms with van der Waals surface area (Å²) in [6.07, 6.45) is 0. The molecule has 0 aliphatic heterocycles. The summed E-state index contributed by atoms with van der Waals surface area (Å²) >= 11 is 0. The first-order valence-corrected chi connectivity index (χ1v) is 4.29. The molecule has 2 aromatic heterocycles. The van der Waals surface area contributed by atoms with Crippen LogP contribution in [0.3, 0.4) is 0 Å². The van der Waals surface area contributed by atoms with Crippen molar-refractivity contribution in [2.75, 3.05) is 5.73 Å². The second-order valence-electron chi connectivity index (χ2n) is 3.36. The molecule has 0 spiro atoms. The molecular formula is C9H12N4. The van der Waals surface area contributed by atoms with Crippen LogP contribution in [-0.2, 0) is 0 Å². The molecule has 0 amide bonds. The first-order valence-electron chi connectivity index (χ1n) is 4.29. The number of anilines is 1. The fourth-order valence-electron chi connectivity index (χ4n) is 1.36. The number of rotatable bonds is 1. The number of pyridine rings is 1. The molecule has 4 heteroatoms. The second kappa shape index (κ2) is 2.73. The van der Waals surface area contributed by atoms with Crippen LogP contribution in [0.15, 0.2) is 18.2 Å². The van der Waals surface area contributed by atoms with E-state index in [1.807, 2.05) is 22.6 Å². The Kier molecular flexibility index (Phi) is 1.69. The van der Waals surface area contributed by atoms with Crippen molar-refractivity contribution in [3.63, 3.8) is 0 Å². The van der Waals surface area contributed by atoms with Crippen LogP contribution in [0.5, 0.6) is 0 Å². The average Bonchev–Trinajstić information content (AvgIpc) is 2.49. The first kappa shape index (κ1) is 8.04. The Hall–Kier alpha value is -1.58. The molecule has 2 aromatic rings. The zero-order chi connectivity index (χ0) is 9.42. The molecular weight excluding hydrogens is 164 g/mol. The zero-order valence-corrected chi connectivity index (χ0v) is 7.73. The van der Waals surface area contributed by atoms with Gasteiger partial charge in [0.2, 0.25) is 0 Å². The van der Waals surface area contributed by atoms with Crippen molar-refractivity contribution in [3.05, 3.63) is 24.0 Å². The molecule has 0 radical (unpaired) electrons. The molecule has 68 valence electrons. The van der Waals surface area contributed by atoms with Crippen LogP contribution in [0.2, 0.25) is 0 Å². The fourth-order valence-corrected chi connectivity index (χ4v) is 1.36. The van der Waals surface area contributed by atoms with Gasteiger partial charge in [-0.3, -0.25) is 4.40 Å². The molecule has 0 fully saturated rings. The number of aromatic nitrogens is 3. The van der Waals surface area contributed by atoms with Gasteiger partial charge in [0.05, 0.1) is 0 Å². The highest BCUT2D eigenvalue weighted by atomic mass is 15.3. The minimum Gasteiger partial charge on any atom is -0.385 e. The van der Waals surface area contributed by atoms with Crippen LogP contribution in [0.25, 0.3) is 5.65 Å². The van der Waals surface area contributed by atoms with Crippen LogP contribution in [0.1, 0.15) is 25.6 Å². The lowest BCUT2D eigenvalue weighted by Gasteiger charge is -2.04. The third-order valence-corrected chi connectivity index (χ3v) is 2.00. The number of hydrogen-bond donors (Lipinski definition) is 1. The van der Waals surface area contributed by atoms with E-state index in [-0.39, 0.29) is 0 Å². The van der Waals surface area contributed by atoms with Crippen LogP contribution in [0.4, 0.5) is 5.82 Å². The Balaban J connectivity index is 2.79. The maximum atomic E-state index is 5.82. The van der Waals surface area contributed by atoms with E-state index >= 15 is 0 Å². The van der Waals surface area contributed by atoms with E-state index in [9.17, 15) is 0 Å². The molecule has 0 atom stereocenters. The predicted octanol–water partition coefficient (Wildman–Crippen LogP) is 1.43. The highest BCUT2D eigenvalue weighted by Gasteiger charge is 2.09. The Morgan fingerprint density at radius 3 is 2.77 bits per heavy atom. The standard InChI is InChI=1S/C9H12N4/c1-6(2)9-12-11-8-5-3-4-7(10)13(8)9/h3-6H,10H2,1-2H3. The summed E-state index contributed by atoms with van der Waals surface area (Å²) < 4.78 is 1.88. The van der Waals surface area contributed by atoms with Crippen molar-refractivity contribution in [1.82, 2.24) is 14.6 Å². The van der Waals surface area contributed by atoms with E-state index in [1.165, 1.54) is 0 Å². The number of hydrogen-bond acceptors (Lipinski definition) is 3. The number of nitrogen functional groups attached to an aromatic ring is 1. The smallest absolute Gasteiger partial charge is 0.162 e. The van der Waals surface area contributed by atoms with Gasteiger partial charge in [0.15, 0.2) is 5.65 Å². The maximum absolute atomic E-state index is 5.82. The predicted molar refractivity (Wildman–Crippen MR) is 51.5 cm³/mol. The van der Waals surface area contributed by atoms with Crippen molar-refractivity contribution in [1.29, 1.82) is 0 Å². The molecule has 2 N–H and O–H groups in total. The molecule has 4 nitrogen and oxygen atoms in total. The van der Waals surface area contributed by atoms with Gasteiger partial charge in [-0.25, -0.2) is 0 Å². The Bertz CT molecular complexity index is 430. The number of nitrogens with zero attached hydrogens (tertiary/aromatic N) is 3. The van der Waals surface area contributed by atoms with E-state index in [1.54, 1.807) is 0 Å². The minimum atomic E-state index is 0.333. The van der Waals surface area contributed by atoms with Gasteiger partial charge in [-0.05, 0) is 12.1 Å². The summed E-state index contributed by atoms with van der Waals surface area (Å²) in [7, 11) is 0. The lowest BCUT2D eigenvalue weighted by Crippen LogP contribution is -2.02. The van der Waals surface area contributed by atoms with E-state index < -0.39 is 0 Å². The van der Waals surface area contributed by atoms with Gasteiger partial charge in [0.1, 0.15) is 11.6 Å². The van der Waals surface area contributed by atoms with Gasteiger partial charge in [0.25, 0.3) is 0 Å². The first-order chi connectivity index (χ1) is 6.20. The Morgan fingerprint density at radius 1 is 1.31 bits per heavy atom. The number of fused-ring (bicyclic) bond motifs is 1. The van der Waals surface area contributed by atoms with Crippen molar-refractivity contribution in [2.45, 2.75) is 19.8 Å². The highest BCUT2D eigenvalue weighted by Crippen LogP contribution is 2.16. The zero-order valence-electron chi connectivity index (χ0n) is 7.73. The molecule has 0 aliphatic carbocycles. The summed E-state index contributed by atoms with van der Waals surface area (Å²) in [4.78, 5) is 0. The summed E-state index contributed by atoms with van der Waals surface area (Å²) in [5.41, 5.74) is 6.63. The summed E-state index contributed by atoms with van der Waals surface area (Å²) in [5, 5.41) is 8.12. The largest absolute Gasteiger partial charge is 0.385 e. The lowest BCUT2D eigenvalue weighted by atomic mass is 10.2. The number of nitrogens with two attached hydrogens (primary N) is 1. The molecule has 0 saturated heterocycles. The van der Waals surface area contributed by atoms with E-state index in [0.717, 1.165) is 11.5 Å². The van der Waals surface area contributed by atoms with Gasteiger partial charge in [-0.15, -0.1) is 10.2 Å². The molecule has 0 aromatic carbocycles. The Labute approximate surface area is 76.4 Å². The van der Waals surface area contributed by atoms with Crippen LogP contribution >= 0.6 is 0 Å². The quantitative estimate of drug-likeness (QED) is 0.715. The summed E-state index contributed by atoms with van der Waals surface area (Å²) in [6.45, 7) is 4.14. The molecule has 2 rings (SSSR count). The lowest BCUT2D eigenvalue weighted by molar-refractivity contribution is 0.762. The molecule has 13 heavy (non-hydrogen) atoms. The normalized spacial score (nSPS) is 11.3. The van der Waals surface area contributed by atoms with Crippen LogP contribution in [-0.4, -0.2) is 14.6 Å². The molecule has 0 unspecified atom stereocenters. The van der Waals surface area contributed by atoms with Crippen LogP contribution < -0.4 is 5.73 Å². The molecule has 0 saturated carbocycles. The van der Waals surface area contributed by atoms with Crippen molar-refractivity contribution >= 4 is 11.5 Å². The summed E-state index contributed by atoms with van der Waals surface area (Å²) in [6, 6.07) is 5.63. The SMILES string of the molecule is CC(C)c1nnc2cccc(N)n12. The van der Waals surface area contributed by atoms with Crippen molar-refractivity contribution in [2.24, 2.45) is 0 Å². The van der Waals surface area contributed by atoms with E-state index in [2.05, 4.69) is 24.0 Å².